The van der Waals surface area contributed by atoms with Crippen molar-refractivity contribution in [3.8, 4) is 22.4 Å². The van der Waals surface area contributed by atoms with Gasteiger partial charge in [0.15, 0.2) is 0 Å². The first-order valence-electron chi connectivity index (χ1n) is 5.84. The number of aryl methyl sites for hydroxylation is 1. The first-order chi connectivity index (χ1) is 8.86. The number of aromatic nitrogens is 3. The third-order valence-electron chi connectivity index (χ3n) is 2.98. The van der Waals surface area contributed by atoms with Gasteiger partial charge in [-0.15, -0.1) is 0 Å². The molecule has 88 valence electrons. The molecule has 0 bridgehead atoms. The highest BCUT2D eigenvalue weighted by molar-refractivity contribution is 5.80. The highest BCUT2D eigenvalue weighted by Crippen LogP contribution is 2.30. The summed E-state index contributed by atoms with van der Waals surface area (Å²) in [5, 5.41) is 4.37. The molecule has 3 rings (SSSR count). The summed E-state index contributed by atoms with van der Waals surface area (Å²) in [6, 6.07) is 14.3. The molecule has 0 fully saturated rings. The molecule has 0 amide bonds. The van der Waals surface area contributed by atoms with Crippen LogP contribution in [0.3, 0.4) is 0 Å². The molecule has 1 aromatic carbocycles. The summed E-state index contributed by atoms with van der Waals surface area (Å²) in [6.07, 6.45) is 5.51. The third kappa shape index (κ3) is 1.80. The van der Waals surface area contributed by atoms with Gasteiger partial charge in [0, 0.05) is 30.6 Å². The minimum absolute atomic E-state index is 1.11. The fourth-order valence-electron chi connectivity index (χ4n) is 2.12. The number of nitrogens with zero attached hydrogens (tertiary/aromatic N) is 3. The molecule has 0 aliphatic rings. The van der Waals surface area contributed by atoms with Crippen molar-refractivity contribution in [3.63, 3.8) is 0 Å². The molecule has 2 heterocycles. The molecule has 0 saturated heterocycles. The van der Waals surface area contributed by atoms with E-state index in [2.05, 4.69) is 22.2 Å². The highest BCUT2D eigenvalue weighted by Gasteiger charge is 2.11. The van der Waals surface area contributed by atoms with E-state index in [-0.39, 0.29) is 0 Å². The average molecular weight is 235 g/mol. The van der Waals surface area contributed by atoms with Crippen LogP contribution < -0.4 is 0 Å². The minimum atomic E-state index is 1.11. The van der Waals surface area contributed by atoms with Gasteiger partial charge in [-0.2, -0.15) is 5.10 Å². The summed E-state index contributed by atoms with van der Waals surface area (Å²) < 4.78 is 1.90. The van der Waals surface area contributed by atoms with Crippen LogP contribution in [0, 0.1) is 0 Å². The van der Waals surface area contributed by atoms with E-state index in [1.807, 2.05) is 48.3 Å². The molecule has 2 aromatic heterocycles. The van der Waals surface area contributed by atoms with Crippen LogP contribution in [0.1, 0.15) is 0 Å². The lowest BCUT2D eigenvalue weighted by atomic mass is 10.0. The maximum atomic E-state index is 4.37. The summed E-state index contributed by atoms with van der Waals surface area (Å²) in [5.41, 5.74) is 4.56. The van der Waals surface area contributed by atoms with E-state index in [4.69, 9.17) is 0 Å². The predicted molar refractivity (Wildman–Crippen MR) is 71.9 cm³/mol. The molecule has 0 saturated carbocycles. The van der Waals surface area contributed by atoms with Crippen molar-refractivity contribution < 1.29 is 0 Å². The maximum absolute atomic E-state index is 4.37. The van der Waals surface area contributed by atoms with Crippen molar-refractivity contribution in [2.45, 2.75) is 0 Å². The fourth-order valence-corrected chi connectivity index (χ4v) is 2.12. The molecule has 0 aliphatic carbocycles. The zero-order chi connectivity index (χ0) is 12.4. The molecule has 18 heavy (non-hydrogen) atoms. The van der Waals surface area contributed by atoms with E-state index >= 15 is 0 Å². The zero-order valence-corrected chi connectivity index (χ0v) is 10.1. The molecular weight excluding hydrogens is 222 g/mol. The molecular formula is C15H13N3. The van der Waals surface area contributed by atoms with E-state index in [0.29, 0.717) is 0 Å². The average Bonchev–Trinajstić information content (AvgIpc) is 2.83. The second kappa shape index (κ2) is 4.45. The third-order valence-corrected chi connectivity index (χ3v) is 2.98. The van der Waals surface area contributed by atoms with Crippen molar-refractivity contribution in [3.05, 3.63) is 61.1 Å². The van der Waals surface area contributed by atoms with E-state index in [9.17, 15) is 0 Å². The van der Waals surface area contributed by atoms with Crippen molar-refractivity contribution in [2.24, 2.45) is 7.05 Å². The monoisotopic (exact) mass is 235 g/mol. The molecule has 0 spiro atoms. The van der Waals surface area contributed by atoms with Crippen molar-refractivity contribution >= 4 is 0 Å². The number of rotatable bonds is 2. The summed E-state index contributed by atoms with van der Waals surface area (Å²) >= 11 is 0. The Balaban J connectivity index is 2.19. The molecule has 3 heteroatoms. The molecule has 3 aromatic rings. The van der Waals surface area contributed by atoms with Gasteiger partial charge in [0.2, 0.25) is 0 Å². The topological polar surface area (TPSA) is 30.7 Å². The van der Waals surface area contributed by atoms with Gasteiger partial charge in [0.05, 0.1) is 11.9 Å². The number of hydrogen-bond acceptors (Lipinski definition) is 2. The fraction of sp³-hybridized carbons (Fsp3) is 0.0667. The molecule has 0 N–H and O–H groups in total. The lowest BCUT2D eigenvalue weighted by Gasteiger charge is -2.06. The quantitative estimate of drug-likeness (QED) is 0.683. The minimum Gasteiger partial charge on any atom is -0.267 e. The molecule has 0 aliphatic heterocycles. The Morgan fingerprint density at radius 3 is 2.33 bits per heavy atom. The Bertz CT molecular complexity index is 642. The second-order valence-electron chi connectivity index (χ2n) is 4.13. The summed E-state index contributed by atoms with van der Waals surface area (Å²) in [7, 11) is 1.96. The van der Waals surface area contributed by atoms with Gasteiger partial charge < -0.3 is 0 Å². The molecule has 3 nitrogen and oxygen atoms in total. The molecule has 0 atom stereocenters. The van der Waals surface area contributed by atoms with Crippen LogP contribution in [0.4, 0.5) is 0 Å². The zero-order valence-electron chi connectivity index (χ0n) is 10.1. The van der Waals surface area contributed by atoms with E-state index in [0.717, 1.165) is 16.8 Å². The number of benzene rings is 1. The van der Waals surface area contributed by atoms with Gasteiger partial charge in [-0.3, -0.25) is 9.67 Å². The van der Waals surface area contributed by atoms with Gasteiger partial charge >= 0.3 is 0 Å². The lowest BCUT2D eigenvalue weighted by molar-refractivity contribution is 0.776. The maximum Gasteiger partial charge on any atom is 0.0758 e. The summed E-state index contributed by atoms with van der Waals surface area (Å²) in [5.74, 6) is 0. The Morgan fingerprint density at radius 1 is 0.889 bits per heavy atom. The smallest absolute Gasteiger partial charge is 0.0758 e. The van der Waals surface area contributed by atoms with Crippen LogP contribution in [0.5, 0.6) is 0 Å². The van der Waals surface area contributed by atoms with Gasteiger partial charge in [0.25, 0.3) is 0 Å². The van der Waals surface area contributed by atoms with Crippen molar-refractivity contribution in [1.29, 1.82) is 0 Å². The van der Waals surface area contributed by atoms with Crippen LogP contribution in [0.25, 0.3) is 22.4 Å². The largest absolute Gasteiger partial charge is 0.267 e. The van der Waals surface area contributed by atoms with E-state index < -0.39 is 0 Å². The van der Waals surface area contributed by atoms with Crippen LogP contribution in [0.15, 0.2) is 61.1 Å². The summed E-state index contributed by atoms with van der Waals surface area (Å²) in [4.78, 5) is 4.06. The SMILES string of the molecule is Cn1ncc(-c2ccccc2)c1-c1ccncc1. The molecule has 0 radical (unpaired) electrons. The van der Waals surface area contributed by atoms with Gasteiger partial charge in [0.1, 0.15) is 0 Å². The van der Waals surface area contributed by atoms with Crippen LogP contribution in [0.2, 0.25) is 0 Å². The lowest BCUT2D eigenvalue weighted by Crippen LogP contribution is -1.94. The van der Waals surface area contributed by atoms with Gasteiger partial charge in [-0.1, -0.05) is 30.3 Å². The van der Waals surface area contributed by atoms with Gasteiger partial charge in [-0.25, -0.2) is 0 Å². The standard InChI is InChI=1S/C15H13N3/c1-18-15(13-7-9-16-10-8-13)14(11-17-18)12-5-3-2-4-6-12/h2-11H,1H3. The first kappa shape index (κ1) is 10.7. The summed E-state index contributed by atoms with van der Waals surface area (Å²) in [6.45, 7) is 0. The van der Waals surface area contributed by atoms with Crippen molar-refractivity contribution in [2.75, 3.05) is 0 Å². The predicted octanol–water partition coefficient (Wildman–Crippen LogP) is 3.15. The Hall–Kier alpha value is -2.42. The van der Waals surface area contributed by atoms with Crippen LogP contribution >= 0.6 is 0 Å². The highest BCUT2D eigenvalue weighted by atomic mass is 15.3. The Kier molecular flexibility index (Phi) is 2.65. The number of hydrogen-bond donors (Lipinski definition) is 0. The van der Waals surface area contributed by atoms with E-state index in [1.165, 1.54) is 5.56 Å². The Labute approximate surface area is 106 Å². The number of pyridine rings is 1. The van der Waals surface area contributed by atoms with Crippen LogP contribution in [-0.2, 0) is 7.05 Å². The molecule has 0 unspecified atom stereocenters. The first-order valence-corrected chi connectivity index (χ1v) is 5.84. The van der Waals surface area contributed by atoms with E-state index in [1.54, 1.807) is 12.4 Å². The Morgan fingerprint density at radius 2 is 1.61 bits per heavy atom. The second-order valence-corrected chi connectivity index (χ2v) is 4.13. The normalized spacial score (nSPS) is 10.5. The van der Waals surface area contributed by atoms with Crippen LogP contribution in [-0.4, -0.2) is 14.8 Å². The van der Waals surface area contributed by atoms with Crippen molar-refractivity contribution in [1.82, 2.24) is 14.8 Å². The van der Waals surface area contributed by atoms with Gasteiger partial charge in [-0.05, 0) is 17.7 Å².